The minimum atomic E-state index is -0.570. The van der Waals surface area contributed by atoms with E-state index in [4.69, 9.17) is 4.74 Å². The van der Waals surface area contributed by atoms with E-state index >= 15 is 0 Å². The van der Waals surface area contributed by atoms with Crippen LogP contribution in [-0.2, 0) is 20.7 Å². The third-order valence-corrected chi connectivity index (χ3v) is 3.36. The second kappa shape index (κ2) is 7.87. The number of amides is 1. The molecule has 0 aliphatic rings. The van der Waals surface area contributed by atoms with Crippen LogP contribution in [-0.4, -0.2) is 24.5 Å². The zero-order chi connectivity index (χ0) is 13.4. The van der Waals surface area contributed by atoms with E-state index in [9.17, 15) is 9.59 Å². The maximum absolute atomic E-state index is 11.6. The predicted octanol–water partition coefficient (Wildman–Crippen LogP) is 2.14. The molecule has 1 atom stereocenters. The lowest BCUT2D eigenvalue weighted by Gasteiger charge is -2.12. The molecular weight excluding hydrogens is 250 g/mol. The number of hydrogen-bond acceptors (Lipinski definition) is 4. The van der Waals surface area contributed by atoms with Gasteiger partial charge in [0.1, 0.15) is 6.04 Å². The van der Waals surface area contributed by atoms with Gasteiger partial charge in [-0.15, -0.1) is 11.3 Å². The van der Waals surface area contributed by atoms with Crippen LogP contribution < -0.4 is 5.32 Å². The highest BCUT2D eigenvalue weighted by atomic mass is 32.1. The number of esters is 1. The van der Waals surface area contributed by atoms with Crippen molar-refractivity contribution in [3.05, 3.63) is 22.4 Å². The molecule has 4 nitrogen and oxygen atoms in total. The molecule has 1 heterocycles. The van der Waals surface area contributed by atoms with Gasteiger partial charge in [0.05, 0.1) is 6.61 Å². The van der Waals surface area contributed by atoms with Crippen LogP contribution in [0.15, 0.2) is 17.5 Å². The number of thiophene rings is 1. The zero-order valence-corrected chi connectivity index (χ0v) is 11.6. The summed E-state index contributed by atoms with van der Waals surface area (Å²) in [5.74, 6) is -0.490. The van der Waals surface area contributed by atoms with Gasteiger partial charge in [-0.25, -0.2) is 4.79 Å². The molecule has 1 rings (SSSR count). The molecule has 0 fully saturated rings. The van der Waals surface area contributed by atoms with Gasteiger partial charge in [-0.3, -0.25) is 4.79 Å². The fourth-order valence-electron chi connectivity index (χ4n) is 1.52. The van der Waals surface area contributed by atoms with Crippen LogP contribution in [0.4, 0.5) is 0 Å². The Morgan fingerprint density at radius 3 is 2.89 bits per heavy atom. The summed E-state index contributed by atoms with van der Waals surface area (Å²) in [7, 11) is 0. The average Bonchev–Trinajstić information content (AvgIpc) is 2.82. The Morgan fingerprint density at radius 2 is 2.28 bits per heavy atom. The Kier molecular flexibility index (Phi) is 6.43. The molecule has 18 heavy (non-hydrogen) atoms. The smallest absolute Gasteiger partial charge is 0.328 e. The highest BCUT2D eigenvalue weighted by molar-refractivity contribution is 7.09. The normalized spacial score (nSPS) is 11.9. The predicted molar refractivity (Wildman–Crippen MR) is 71.5 cm³/mol. The molecule has 100 valence electrons. The summed E-state index contributed by atoms with van der Waals surface area (Å²) in [4.78, 5) is 24.2. The van der Waals surface area contributed by atoms with Crippen molar-refractivity contribution in [2.45, 2.75) is 39.2 Å². The third-order valence-electron chi connectivity index (χ3n) is 2.42. The largest absolute Gasteiger partial charge is 0.464 e. The minimum Gasteiger partial charge on any atom is -0.464 e. The summed E-state index contributed by atoms with van der Waals surface area (Å²) in [6.07, 6.45) is 2.13. The lowest BCUT2D eigenvalue weighted by Crippen LogP contribution is -2.39. The molecule has 1 N–H and O–H groups in total. The molecule has 0 spiro atoms. The number of rotatable bonds is 7. The zero-order valence-electron chi connectivity index (χ0n) is 10.8. The van der Waals surface area contributed by atoms with Crippen molar-refractivity contribution in [2.75, 3.05) is 6.61 Å². The van der Waals surface area contributed by atoms with Gasteiger partial charge in [0.25, 0.3) is 0 Å². The molecule has 1 amide bonds. The number of aryl methyl sites for hydroxylation is 1. The van der Waals surface area contributed by atoms with Gasteiger partial charge in [0.2, 0.25) is 5.91 Å². The Hall–Kier alpha value is -1.36. The van der Waals surface area contributed by atoms with Crippen LogP contribution in [0.1, 0.15) is 31.6 Å². The highest BCUT2D eigenvalue weighted by Gasteiger charge is 2.15. The third kappa shape index (κ3) is 5.31. The molecule has 0 aromatic carbocycles. The molecule has 1 aromatic heterocycles. The first-order valence-electron chi connectivity index (χ1n) is 6.12. The van der Waals surface area contributed by atoms with E-state index in [0.717, 1.165) is 12.8 Å². The first kappa shape index (κ1) is 14.7. The monoisotopic (exact) mass is 269 g/mol. The summed E-state index contributed by atoms with van der Waals surface area (Å²) in [6.45, 7) is 3.71. The Bertz CT molecular complexity index is 376. The number of hydrogen-bond donors (Lipinski definition) is 1. The topological polar surface area (TPSA) is 55.4 Å². The minimum absolute atomic E-state index is 0.105. The summed E-state index contributed by atoms with van der Waals surface area (Å²) >= 11 is 1.69. The van der Waals surface area contributed by atoms with Gasteiger partial charge in [-0.2, -0.15) is 0 Å². The van der Waals surface area contributed by atoms with E-state index in [-0.39, 0.29) is 11.9 Å². The molecule has 0 saturated carbocycles. The fourth-order valence-corrected chi connectivity index (χ4v) is 2.27. The standard InChI is InChI=1S/C13H19NO3S/c1-3-17-13(16)10(2)14-12(15)8-4-6-11-7-5-9-18-11/h5,7,9-10H,3-4,6,8H2,1-2H3,(H,14,15). The fraction of sp³-hybridized carbons (Fsp3) is 0.538. The molecular formula is C13H19NO3S. The maximum Gasteiger partial charge on any atom is 0.328 e. The first-order chi connectivity index (χ1) is 8.63. The average molecular weight is 269 g/mol. The maximum atomic E-state index is 11.6. The van der Waals surface area contributed by atoms with Crippen molar-refractivity contribution in [1.82, 2.24) is 5.32 Å². The SMILES string of the molecule is CCOC(=O)C(C)NC(=O)CCCc1cccs1. The Balaban J connectivity index is 2.19. The van der Waals surface area contributed by atoms with E-state index in [1.807, 2.05) is 11.4 Å². The Morgan fingerprint density at radius 1 is 1.50 bits per heavy atom. The van der Waals surface area contributed by atoms with Crippen molar-refractivity contribution >= 4 is 23.2 Å². The molecule has 0 bridgehead atoms. The quantitative estimate of drug-likeness (QED) is 0.772. The van der Waals surface area contributed by atoms with Gasteiger partial charge in [-0.05, 0) is 38.1 Å². The number of carbonyl (C=O) groups is 2. The molecule has 0 saturated heterocycles. The van der Waals surface area contributed by atoms with Crippen LogP contribution in [0.25, 0.3) is 0 Å². The number of carbonyl (C=O) groups excluding carboxylic acids is 2. The second-order valence-electron chi connectivity index (χ2n) is 3.97. The van der Waals surface area contributed by atoms with Crippen LogP contribution in [0.3, 0.4) is 0 Å². The summed E-state index contributed by atoms with van der Waals surface area (Å²) < 4.78 is 4.82. The van der Waals surface area contributed by atoms with Gasteiger partial charge >= 0.3 is 5.97 Å². The number of nitrogens with one attached hydrogen (secondary N) is 1. The van der Waals surface area contributed by atoms with E-state index in [1.54, 1.807) is 25.2 Å². The molecule has 5 heteroatoms. The summed E-state index contributed by atoms with van der Waals surface area (Å²) in [5.41, 5.74) is 0. The molecule has 1 aromatic rings. The van der Waals surface area contributed by atoms with Gasteiger partial charge in [-0.1, -0.05) is 6.07 Å². The van der Waals surface area contributed by atoms with Crippen molar-refractivity contribution in [3.63, 3.8) is 0 Å². The molecule has 1 unspecified atom stereocenters. The first-order valence-corrected chi connectivity index (χ1v) is 6.99. The van der Waals surface area contributed by atoms with E-state index in [0.29, 0.717) is 13.0 Å². The second-order valence-corrected chi connectivity index (χ2v) is 5.01. The van der Waals surface area contributed by atoms with Crippen molar-refractivity contribution in [2.24, 2.45) is 0 Å². The van der Waals surface area contributed by atoms with Crippen molar-refractivity contribution in [1.29, 1.82) is 0 Å². The van der Waals surface area contributed by atoms with Crippen molar-refractivity contribution < 1.29 is 14.3 Å². The summed E-state index contributed by atoms with van der Waals surface area (Å²) in [6, 6.07) is 3.49. The molecule has 0 radical (unpaired) electrons. The van der Waals surface area contributed by atoms with Crippen molar-refractivity contribution in [3.8, 4) is 0 Å². The highest BCUT2D eigenvalue weighted by Crippen LogP contribution is 2.11. The molecule has 0 aliphatic heterocycles. The van der Waals surface area contributed by atoms with Gasteiger partial charge in [0, 0.05) is 11.3 Å². The summed E-state index contributed by atoms with van der Waals surface area (Å²) in [5, 5.41) is 4.66. The van der Waals surface area contributed by atoms with Crippen LogP contribution in [0.5, 0.6) is 0 Å². The van der Waals surface area contributed by atoms with E-state index in [1.165, 1.54) is 4.88 Å². The number of ether oxygens (including phenoxy) is 1. The Labute approximate surface area is 111 Å². The van der Waals surface area contributed by atoms with Crippen LogP contribution in [0.2, 0.25) is 0 Å². The van der Waals surface area contributed by atoms with Gasteiger partial charge in [0.15, 0.2) is 0 Å². The lowest BCUT2D eigenvalue weighted by molar-refractivity contribution is -0.146. The van der Waals surface area contributed by atoms with E-state index in [2.05, 4.69) is 11.4 Å². The lowest BCUT2D eigenvalue weighted by atomic mass is 10.2. The van der Waals surface area contributed by atoms with Gasteiger partial charge < -0.3 is 10.1 Å². The molecule has 0 aliphatic carbocycles. The van der Waals surface area contributed by atoms with Crippen LogP contribution >= 0.6 is 11.3 Å². The van der Waals surface area contributed by atoms with E-state index < -0.39 is 6.04 Å². The van der Waals surface area contributed by atoms with Crippen LogP contribution in [0, 0.1) is 0 Å².